The molecular formula is C24H27ClN2O5S. The van der Waals surface area contributed by atoms with Gasteiger partial charge in [-0.1, -0.05) is 36.2 Å². The van der Waals surface area contributed by atoms with Gasteiger partial charge in [-0.3, -0.25) is 9.35 Å². The van der Waals surface area contributed by atoms with E-state index < -0.39 is 26.9 Å². The van der Waals surface area contributed by atoms with E-state index in [-0.39, 0.29) is 24.3 Å². The third-order valence-corrected chi connectivity index (χ3v) is 9.54. The topological polar surface area (TPSA) is 119 Å². The third kappa shape index (κ3) is 3.73. The van der Waals surface area contributed by atoms with E-state index in [0.29, 0.717) is 10.8 Å². The fraction of sp³-hybridized carbons (Fsp3) is 0.458. The standard InChI is InChI=1S/C24H27ClN2O5S/c25-17-5-3-16(4-6-17)23(9-1-10-23)20-19-14-18(7-2-15(19)8-13-27-20)32-21(22(26)28)24(11-12-24)33(29,30)31/h2-7,14,20-21,27H,1,8-13H2,(H2,26,28)(H,29,30,31). The lowest BCUT2D eigenvalue weighted by Gasteiger charge is -2.50. The molecule has 2 fully saturated rings. The number of hydrogen-bond acceptors (Lipinski definition) is 5. The van der Waals surface area contributed by atoms with Crippen LogP contribution in [0, 0.1) is 0 Å². The Hall–Kier alpha value is -2.13. The number of amides is 1. The molecule has 2 aromatic carbocycles. The molecule has 3 aliphatic rings. The van der Waals surface area contributed by atoms with Gasteiger partial charge in [0.15, 0.2) is 6.10 Å². The highest BCUT2D eigenvalue weighted by Crippen LogP contribution is 2.54. The molecule has 0 aromatic heterocycles. The molecule has 1 aliphatic heterocycles. The molecule has 2 aliphatic carbocycles. The Labute approximate surface area is 198 Å². The van der Waals surface area contributed by atoms with Crippen LogP contribution in [-0.4, -0.2) is 36.3 Å². The van der Waals surface area contributed by atoms with E-state index >= 15 is 0 Å². The van der Waals surface area contributed by atoms with Crippen molar-refractivity contribution in [3.05, 3.63) is 64.2 Å². The molecule has 7 nitrogen and oxygen atoms in total. The first-order valence-corrected chi connectivity index (χ1v) is 13.0. The average molecular weight is 491 g/mol. The molecule has 0 spiro atoms. The van der Waals surface area contributed by atoms with E-state index in [1.807, 2.05) is 24.3 Å². The van der Waals surface area contributed by atoms with Crippen molar-refractivity contribution in [1.29, 1.82) is 0 Å². The molecule has 0 radical (unpaired) electrons. The average Bonchev–Trinajstić information content (AvgIpc) is 3.54. The lowest BCUT2D eigenvalue weighted by molar-refractivity contribution is -0.125. The van der Waals surface area contributed by atoms with Gasteiger partial charge in [0.05, 0.1) is 0 Å². The molecular weight excluding hydrogens is 464 g/mol. The van der Waals surface area contributed by atoms with Crippen molar-refractivity contribution >= 4 is 27.6 Å². The van der Waals surface area contributed by atoms with E-state index in [4.69, 9.17) is 22.1 Å². The fourth-order valence-electron chi connectivity index (χ4n) is 5.52. The van der Waals surface area contributed by atoms with Crippen LogP contribution in [0.15, 0.2) is 42.5 Å². The first-order chi connectivity index (χ1) is 15.7. The molecule has 2 atom stereocenters. The molecule has 0 bridgehead atoms. The second kappa shape index (κ2) is 7.98. The maximum Gasteiger partial charge on any atom is 0.274 e. The second-order valence-electron chi connectivity index (χ2n) is 9.45. The van der Waals surface area contributed by atoms with Crippen LogP contribution < -0.4 is 15.8 Å². The Balaban J connectivity index is 1.50. The van der Waals surface area contributed by atoms with Gasteiger partial charge in [-0.05, 0) is 79.6 Å². The quantitative estimate of drug-likeness (QED) is 0.512. The molecule has 0 saturated heterocycles. The van der Waals surface area contributed by atoms with Crippen LogP contribution in [0.25, 0.3) is 0 Å². The molecule has 2 aromatic rings. The SMILES string of the molecule is NC(=O)C(Oc1ccc2c(c1)C(C1(c3ccc(Cl)cc3)CCC1)NCC2)C1(S(=O)(=O)O)CC1. The summed E-state index contributed by atoms with van der Waals surface area (Å²) >= 11 is 6.13. The molecule has 1 amide bonds. The first kappa shape index (κ1) is 22.7. The molecule has 1 heterocycles. The first-order valence-electron chi connectivity index (χ1n) is 11.2. The van der Waals surface area contributed by atoms with Crippen LogP contribution >= 0.6 is 11.6 Å². The second-order valence-corrected chi connectivity index (χ2v) is 11.7. The number of halogens is 1. The summed E-state index contributed by atoms with van der Waals surface area (Å²) in [5.41, 5.74) is 8.92. The van der Waals surface area contributed by atoms with Gasteiger partial charge >= 0.3 is 0 Å². The van der Waals surface area contributed by atoms with Crippen LogP contribution in [0.5, 0.6) is 5.75 Å². The maximum atomic E-state index is 12.1. The van der Waals surface area contributed by atoms with E-state index in [2.05, 4.69) is 17.4 Å². The molecule has 33 heavy (non-hydrogen) atoms. The lowest BCUT2D eigenvalue weighted by atomic mass is 9.58. The summed E-state index contributed by atoms with van der Waals surface area (Å²) in [6.07, 6.45) is 2.88. The summed E-state index contributed by atoms with van der Waals surface area (Å²) in [7, 11) is -4.49. The zero-order valence-corrected chi connectivity index (χ0v) is 19.7. The van der Waals surface area contributed by atoms with Gasteiger partial charge in [0.2, 0.25) is 0 Å². The molecule has 4 N–H and O–H groups in total. The summed E-state index contributed by atoms with van der Waals surface area (Å²) < 4.78 is 37.8. The number of rotatable bonds is 7. The Kier molecular flexibility index (Phi) is 5.47. The highest BCUT2D eigenvalue weighted by Gasteiger charge is 2.63. The van der Waals surface area contributed by atoms with Gasteiger partial charge in [0.1, 0.15) is 10.5 Å². The number of nitrogens with two attached hydrogens (primary N) is 1. The zero-order valence-electron chi connectivity index (χ0n) is 18.1. The molecule has 5 rings (SSSR count). The number of carbonyl (C=O) groups is 1. The summed E-state index contributed by atoms with van der Waals surface area (Å²) in [4.78, 5) is 12.1. The number of nitrogens with one attached hydrogen (secondary N) is 1. The van der Waals surface area contributed by atoms with Crippen molar-refractivity contribution in [3.8, 4) is 5.75 Å². The number of primary amides is 1. The summed E-state index contributed by atoms with van der Waals surface area (Å²) in [6.45, 7) is 0.850. The number of fused-ring (bicyclic) bond motifs is 1. The molecule has 2 saturated carbocycles. The number of hydrogen-bond donors (Lipinski definition) is 3. The van der Waals surface area contributed by atoms with Crippen molar-refractivity contribution < 1.29 is 22.5 Å². The van der Waals surface area contributed by atoms with E-state index in [0.717, 1.165) is 37.8 Å². The van der Waals surface area contributed by atoms with Gasteiger partial charge in [-0.25, -0.2) is 0 Å². The maximum absolute atomic E-state index is 12.1. The largest absolute Gasteiger partial charge is 0.479 e. The van der Waals surface area contributed by atoms with Gasteiger partial charge in [0.25, 0.3) is 16.0 Å². The third-order valence-electron chi connectivity index (χ3n) is 7.64. The van der Waals surface area contributed by atoms with E-state index in [1.54, 1.807) is 6.07 Å². The van der Waals surface area contributed by atoms with Crippen LogP contribution in [0.1, 0.15) is 54.8 Å². The number of carbonyl (C=O) groups excluding carboxylic acids is 1. The minimum absolute atomic E-state index is 0.0446. The minimum atomic E-state index is -4.49. The van der Waals surface area contributed by atoms with Crippen molar-refractivity contribution in [2.75, 3.05) is 6.54 Å². The molecule has 9 heteroatoms. The number of benzene rings is 2. The van der Waals surface area contributed by atoms with Crippen molar-refractivity contribution in [2.45, 2.75) is 60.8 Å². The van der Waals surface area contributed by atoms with Crippen molar-refractivity contribution in [3.63, 3.8) is 0 Å². The fourth-order valence-corrected chi connectivity index (χ4v) is 6.70. The zero-order chi connectivity index (χ0) is 23.4. The van der Waals surface area contributed by atoms with E-state index in [1.165, 1.54) is 11.1 Å². The lowest BCUT2D eigenvalue weighted by Crippen LogP contribution is -2.50. The van der Waals surface area contributed by atoms with Gasteiger partial charge in [0, 0.05) is 16.5 Å². The Morgan fingerprint density at radius 3 is 2.39 bits per heavy atom. The molecule has 176 valence electrons. The van der Waals surface area contributed by atoms with Crippen molar-refractivity contribution in [1.82, 2.24) is 5.32 Å². The molecule has 2 unspecified atom stereocenters. The van der Waals surface area contributed by atoms with Crippen molar-refractivity contribution in [2.24, 2.45) is 5.73 Å². The minimum Gasteiger partial charge on any atom is -0.479 e. The van der Waals surface area contributed by atoms with Gasteiger partial charge in [-0.15, -0.1) is 0 Å². The monoisotopic (exact) mass is 490 g/mol. The Bertz CT molecular complexity index is 1190. The normalized spacial score (nSPS) is 23.6. The predicted octanol–water partition coefficient (Wildman–Crippen LogP) is 3.30. The van der Waals surface area contributed by atoms with Gasteiger partial charge < -0.3 is 15.8 Å². The Morgan fingerprint density at radius 1 is 1.15 bits per heavy atom. The summed E-state index contributed by atoms with van der Waals surface area (Å²) in [6, 6.07) is 13.7. The van der Waals surface area contributed by atoms with Crippen LogP contribution in [0.3, 0.4) is 0 Å². The number of ether oxygens (including phenoxy) is 1. The highest BCUT2D eigenvalue weighted by atomic mass is 35.5. The highest BCUT2D eigenvalue weighted by molar-refractivity contribution is 7.87. The van der Waals surface area contributed by atoms with Gasteiger partial charge in [-0.2, -0.15) is 8.42 Å². The van der Waals surface area contributed by atoms with Crippen LogP contribution in [0.4, 0.5) is 0 Å². The smallest absolute Gasteiger partial charge is 0.274 e. The summed E-state index contributed by atoms with van der Waals surface area (Å²) in [5.74, 6) is -0.541. The van der Waals surface area contributed by atoms with E-state index in [9.17, 15) is 17.8 Å². The Morgan fingerprint density at radius 2 is 1.85 bits per heavy atom. The summed E-state index contributed by atoms with van der Waals surface area (Å²) in [5, 5.41) is 4.39. The van der Waals surface area contributed by atoms with Crippen LogP contribution in [-0.2, 0) is 26.7 Å². The predicted molar refractivity (Wildman–Crippen MR) is 125 cm³/mol. The van der Waals surface area contributed by atoms with Crippen LogP contribution in [0.2, 0.25) is 5.02 Å².